The Kier molecular flexibility index (Phi) is 9.30. The minimum atomic E-state index is -0.115. The maximum Gasteiger partial charge on any atom is 0.0641 e. The first-order valence-electron chi connectivity index (χ1n) is 21.2. The molecule has 2 aromatic heterocycles. The predicted octanol–water partition coefficient (Wildman–Crippen LogP) is 16.6. The second-order valence-electron chi connectivity index (χ2n) is 16.5. The second kappa shape index (κ2) is 15.0. The number of nitrogens with zero attached hydrogens (tertiary/aromatic N) is 2. The van der Waals surface area contributed by atoms with Gasteiger partial charge in [0.15, 0.2) is 0 Å². The van der Waals surface area contributed by atoms with E-state index in [9.17, 15) is 0 Å². The summed E-state index contributed by atoms with van der Waals surface area (Å²) in [6, 6.07) is 56.1. The minimum absolute atomic E-state index is 0.115. The minimum Gasteiger partial charge on any atom is -0.310 e. The van der Waals surface area contributed by atoms with Crippen LogP contribution in [0, 0.1) is 0 Å². The number of benzene rings is 7. The standard InChI is InChI=1S/C59H48N2/c1-7-16-39(17-8-2)44-27-33-48-51-37-43(28-35-52(51)59(5,6)53(48)38-44)42-25-31-46(32-26-42)60(45-29-23-41(24-30-45)40-19-12-11-13-20-40)56-36-34-49-47(10-4)54(18-9-3)61-55-22-15-14-21-50(55)57(56)58(49)61/h7-38H,1,4H2,2-3,5-6H3/b17-8-,18-9-,39-16+. The van der Waals surface area contributed by atoms with Crippen LogP contribution in [-0.2, 0) is 5.41 Å². The maximum absolute atomic E-state index is 4.26. The van der Waals surface area contributed by atoms with Gasteiger partial charge in [0.05, 0.1) is 22.4 Å². The first-order chi connectivity index (χ1) is 29.9. The van der Waals surface area contributed by atoms with E-state index in [4.69, 9.17) is 0 Å². The summed E-state index contributed by atoms with van der Waals surface area (Å²) >= 11 is 0. The fourth-order valence-corrected chi connectivity index (χ4v) is 9.86. The van der Waals surface area contributed by atoms with E-state index in [1.165, 1.54) is 82.8 Å². The SMILES string of the molecule is C=C/C=C(\C=C/C)c1ccc2c(c1)C(C)(C)c1ccc(-c3ccc(N(c4ccc(-c5ccccc5)cc4)c4ccc5c(C=C)c(/C=C\C)n6c7ccccc7c4c56)cc3)cc1-2. The third kappa shape index (κ3) is 6.01. The smallest absolute Gasteiger partial charge is 0.0641 e. The Hall–Kier alpha value is -7.42. The van der Waals surface area contributed by atoms with Gasteiger partial charge in [-0.25, -0.2) is 0 Å². The number of aromatic nitrogens is 1. The van der Waals surface area contributed by atoms with Gasteiger partial charge in [0.25, 0.3) is 0 Å². The van der Waals surface area contributed by atoms with Crippen LogP contribution in [0.4, 0.5) is 17.1 Å². The third-order valence-electron chi connectivity index (χ3n) is 12.7. The number of fused-ring (bicyclic) bond motifs is 6. The van der Waals surface area contributed by atoms with Crippen molar-refractivity contribution in [3.8, 4) is 33.4 Å². The molecule has 0 spiro atoms. The lowest BCUT2D eigenvalue weighted by atomic mass is 9.81. The summed E-state index contributed by atoms with van der Waals surface area (Å²) in [5, 5.41) is 3.66. The highest BCUT2D eigenvalue weighted by molar-refractivity contribution is 6.23. The molecule has 7 aromatic carbocycles. The number of rotatable bonds is 10. The first-order valence-corrected chi connectivity index (χ1v) is 21.2. The van der Waals surface area contributed by atoms with Gasteiger partial charge < -0.3 is 9.30 Å². The van der Waals surface area contributed by atoms with Crippen molar-refractivity contribution in [3.63, 3.8) is 0 Å². The summed E-state index contributed by atoms with van der Waals surface area (Å²) in [5.41, 5.74) is 20.4. The van der Waals surface area contributed by atoms with Crippen molar-refractivity contribution in [1.29, 1.82) is 0 Å². The van der Waals surface area contributed by atoms with Crippen molar-refractivity contribution in [2.45, 2.75) is 33.1 Å². The van der Waals surface area contributed by atoms with E-state index in [0.717, 1.165) is 28.3 Å². The Bertz CT molecular complexity index is 3240. The van der Waals surface area contributed by atoms with Crippen LogP contribution in [0.1, 0.15) is 55.6 Å². The highest BCUT2D eigenvalue weighted by atomic mass is 15.1. The molecule has 0 bridgehead atoms. The van der Waals surface area contributed by atoms with Crippen LogP contribution in [0.25, 0.3) is 78.3 Å². The van der Waals surface area contributed by atoms with Crippen LogP contribution in [0.2, 0.25) is 0 Å². The number of para-hydroxylation sites is 1. The van der Waals surface area contributed by atoms with Gasteiger partial charge in [-0.05, 0) is 124 Å². The molecule has 0 unspecified atom stereocenters. The summed E-state index contributed by atoms with van der Waals surface area (Å²) in [6.45, 7) is 17.1. The number of hydrogen-bond donors (Lipinski definition) is 0. The molecule has 0 saturated heterocycles. The van der Waals surface area contributed by atoms with E-state index >= 15 is 0 Å². The fourth-order valence-electron chi connectivity index (χ4n) is 9.86. The van der Waals surface area contributed by atoms with Crippen LogP contribution in [0.3, 0.4) is 0 Å². The Morgan fingerprint density at radius 3 is 1.97 bits per heavy atom. The fraction of sp³-hybridized carbons (Fsp3) is 0.0847. The molecule has 0 N–H and O–H groups in total. The van der Waals surface area contributed by atoms with Crippen LogP contribution in [-0.4, -0.2) is 4.40 Å². The first kappa shape index (κ1) is 37.8. The largest absolute Gasteiger partial charge is 0.310 e. The molecule has 0 saturated carbocycles. The zero-order chi connectivity index (χ0) is 41.8. The van der Waals surface area contributed by atoms with Gasteiger partial charge in [-0.1, -0.05) is 167 Å². The Morgan fingerprint density at radius 1 is 0.607 bits per heavy atom. The van der Waals surface area contributed by atoms with E-state index in [1.807, 2.05) is 12.2 Å². The Labute approximate surface area is 359 Å². The van der Waals surface area contributed by atoms with E-state index in [2.05, 4.69) is 232 Å². The van der Waals surface area contributed by atoms with Crippen LogP contribution >= 0.6 is 0 Å². The van der Waals surface area contributed by atoms with Gasteiger partial charge in [-0.15, -0.1) is 0 Å². The molecule has 0 amide bonds. The Balaban J connectivity index is 1.11. The van der Waals surface area contributed by atoms with E-state index < -0.39 is 0 Å². The third-order valence-corrected chi connectivity index (χ3v) is 12.7. The average Bonchev–Trinajstić information content (AvgIpc) is 3.89. The summed E-state index contributed by atoms with van der Waals surface area (Å²) in [5.74, 6) is 0. The number of hydrogen-bond acceptors (Lipinski definition) is 1. The van der Waals surface area contributed by atoms with E-state index in [-0.39, 0.29) is 5.41 Å². The van der Waals surface area contributed by atoms with Crippen LogP contribution < -0.4 is 4.90 Å². The van der Waals surface area contributed by atoms with Crippen LogP contribution in [0.5, 0.6) is 0 Å². The summed E-state index contributed by atoms with van der Waals surface area (Å²) < 4.78 is 2.42. The molecule has 2 nitrogen and oxygen atoms in total. The van der Waals surface area contributed by atoms with Gasteiger partial charge >= 0.3 is 0 Å². The zero-order valence-corrected chi connectivity index (χ0v) is 35.3. The molecular formula is C59H48N2. The van der Waals surface area contributed by atoms with Crippen molar-refractivity contribution < 1.29 is 0 Å². The number of anilines is 3. The summed E-state index contributed by atoms with van der Waals surface area (Å²) in [6.07, 6.45) is 14.5. The Morgan fingerprint density at radius 2 is 1.28 bits per heavy atom. The molecule has 9 aromatic rings. The number of allylic oxidation sites excluding steroid dienone is 6. The molecule has 2 heteroatoms. The lowest BCUT2D eigenvalue weighted by Crippen LogP contribution is -2.15. The quantitative estimate of drug-likeness (QED) is 0.125. The van der Waals surface area contributed by atoms with Crippen molar-refractivity contribution in [2.75, 3.05) is 4.90 Å². The van der Waals surface area contributed by atoms with Crippen molar-refractivity contribution >= 4 is 62.0 Å². The zero-order valence-electron chi connectivity index (χ0n) is 35.3. The van der Waals surface area contributed by atoms with Crippen molar-refractivity contribution in [2.24, 2.45) is 0 Å². The highest BCUT2D eigenvalue weighted by Crippen LogP contribution is 2.51. The molecular weight excluding hydrogens is 737 g/mol. The van der Waals surface area contributed by atoms with Gasteiger partial charge in [0.2, 0.25) is 0 Å². The predicted molar refractivity (Wildman–Crippen MR) is 265 cm³/mol. The normalized spacial score (nSPS) is 13.5. The highest BCUT2D eigenvalue weighted by Gasteiger charge is 2.36. The monoisotopic (exact) mass is 784 g/mol. The molecule has 1 aliphatic rings. The molecule has 0 fully saturated rings. The van der Waals surface area contributed by atoms with E-state index in [0.29, 0.717) is 0 Å². The molecule has 0 aliphatic heterocycles. The van der Waals surface area contributed by atoms with Gasteiger partial charge in [-0.2, -0.15) is 0 Å². The lowest BCUT2D eigenvalue weighted by molar-refractivity contribution is 0.660. The molecule has 2 heterocycles. The summed E-state index contributed by atoms with van der Waals surface area (Å²) in [7, 11) is 0. The van der Waals surface area contributed by atoms with Crippen LogP contribution in [0.15, 0.2) is 195 Å². The molecule has 0 radical (unpaired) electrons. The molecule has 294 valence electrons. The second-order valence-corrected chi connectivity index (χ2v) is 16.5. The van der Waals surface area contributed by atoms with Crippen molar-refractivity contribution in [1.82, 2.24) is 4.40 Å². The van der Waals surface area contributed by atoms with Gasteiger partial charge in [0.1, 0.15) is 0 Å². The molecule has 1 aliphatic carbocycles. The lowest BCUT2D eigenvalue weighted by Gasteiger charge is -2.27. The maximum atomic E-state index is 4.26. The average molecular weight is 785 g/mol. The topological polar surface area (TPSA) is 7.65 Å². The van der Waals surface area contributed by atoms with Gasteiger partial charge in [0, 0.05) is 38.5 Å². The van der Waals surface area contributed by atoms with E-state index in [1.54, 1.807) is 0 Å². The molecule has 61 heavy (non-hydrogen) atoms. The van der Waals surface area contributed by atoms with Gasteiger partial charge in [-0.3, -0.25) is 0 Å². The molecule has 10 rings (SSSR count). The summed E-state index contributed by atoms with van der Waals surface area (Å²) in [4.78, 5) is 2.43. The molecule has 0 atom stereocenters. The van der Waals surface area contributed by atoms with Crippen molar-refractivity contribution in [3.05, 3.63) is 223 Å².